The quantitative estimate of drug-likeness (QED) is 0.229. The first kappa shape index (κ1) is 21.5. The lowest BCUT2D eigenvalue weighted by Crippen LogP contribution is -2.29. The number of rotatable bonds is 7. The molecule has 0 spiro atoms. The Balaban J connectivity index is 1.41. The summed E-state index contributed by atoms with van der Waals surface area (Å²) in [5, 5.41) is 10.9. The van der Waals surface area contributed by atoms with Crippen LogP contribution in [-0.2, 0) is 9.53 Å². The number of nitro groups is 1. The van der Waals surface area contributed by atoms with Gasteiger partial charge in [-0.1, -0.05) is 72.8 Å². The van der Waals surface area contributed by atoms with E-state index in [-0.39, 0.29) is 17.8 Å². The van der Waals surface area contributed by atoms with Crippen molar-refractivity contribution in [2.45, 2.75) is 18.6 Å². The lowest BCUT2D eigenvalue weighted by atomic mass is 9.97. The summed E-state index contributed by atoms with van der Waals surface area (Å²) in [4.78, 5) is 25.1. The van der Waals surface area contributed by atoms with Crippen molar-refractivity contribution in [3.63, 3.8) is 0 Å². The number of nitro benzene ring substituents is 1. The highest BCUT2D eigenvalue weighted by Crippen LogP contribution is 2.32. The summed E-state index contributed by atoms with van der Waals surface area (Å²) in [6.07, 6.45) is 3.42. The molecule has 1 atom stereocenters. The first-order valence-corrected chi connectivity index (χ1v) is 10.6. The third-order valence-electron chi connectivity index (χ3n) is 5.55. The third kappa shape index (κ3) is 5.28. The van der Waals surface area contributed by atoms with Crippen LogP contribution >= 0.6 is 0 Å². The maximum atomic E-state index is 12.3. The molecule has 3 aromatic carbocycles. The molecular weight excluding hydrogens is 404 g/mol. The molecule has 162 valence electrons. The maximum absolute atomic E-state index is 12.3. The smallest absolute Gasteiger partial charge is 0.331 e. The van der Waals surface area contributed by atoms with Crippen molar-refractivity contribution in [2.24, 2.45) is 0 Å². The predicted octanol–water partition coefficient (Wildman–Crippen LogP) is 5.02. The Morgan fingerprint density at radius 1 is 1.00 bits per heavy atom. The normalized spacial score (nSPS) is 16.5. The van der Waals surface area contributed by atoms with Gasteiger partial charge in [0.2, 0.25) is 0 Å². The van der Waals surface area contributed by atoms with Crippen LogP contribution in [0.15, 0.2) is 91.0 Å². The van der Waals surface area contributed by atoms with Gasteiger partial charge in [0.05, 0.1) is 11.0 Å². The van der Waals surface area contributed by atoms with Gasteiger partial charge in [-0.05, 0) is 29.2 Å². The van der Waals surface area contributed by atoms with Gasteiger partial charge in [0, 0.05) is 31.3 Å². The predicted molar refractivity (Wildman–Crippen MR) is 123 cm³/mol. The summed E-state index contributed by atoms with van der Waals surface area (Å²) < 4.78 is 5.66. The van der Waals surface area contributed by atoms with Crippen LogP contribution in [0.3, 0.4) is 0 Å². The second-order valence-electron chi connectivity index (χ2n) is 7.75. The zero-order valence-corrected chi connectivity index (χ0v) is 17.5. The van der Waals surface area contributed by atoms with Crippen molar-refractivity contribution < 1.29 is 14.5 Å². The lowest BCUT2D eigenvalue weighted by molar-refractivity contribution is -0.384. The fraction of sp³-hybridized carbons (Fsp3) is 0.192. The molecule has 1 saturated heterocycles. The molecule has 0 amide bonds. The molecule has 1 fully saturated rings. The molecule has 3 aromatic rings. The number of benzene rings is 3. The van der Waals surface area contributed by atoms with Gasteiger partial charge in [0.25, 0.3) is 5.69 Å². The van der Waals surface area contributed by atoms with Gasteiger partial charge in [-0.25, -0.2) is 4.79 Å². The molecule has 0 aliphatic carbocycles. The molecule has 4 rings (SSSR count). The molecular formula is C26H24N2O4. The van der Waals surface area contributed by atoms with Gasteiger partial charge < -0.3 is 4.74 Å². The summed E-state index contributed by atoms with van der Waals surface area (Å²) in [6.45, 7) is 1.46. The fourth-order valence-corrected chi connectivity index (χ4v) is 4.08. The number of carbonyl (C=O) groups excluding carboxylic acids is 1. The molecule has 6 nitrogen and oxygen atoms in total. The zero-order chi connectivity index (χ0) is 22.3. The number of carbonyl (C=O) groups is 1. The number of hydrogen-bond acceptors (Lipinski definition) is 5. The number of ether oxygens (including phenoxy) is 1. The number of likely N-dealkylation sites (tertiary alicyclic amines) is 1. The summed E-state index contributed by atoms with van der Waals surface area (Å²) in [5.74, 6) is -0.445. The van der Waals surface area contributed by atoms with Crippen LogP contribution in [-0.4, -0.2) is 35.0 Å². The van der Waals surface area contributed by atoms with E-state index in [2.05, 4.69) is 29.2 Å². The van der Waals surface area contributed by atoms with Crippen molar-refractivity contribution in [2.75, 3.05) is 13.1 Å². The van der Waals surface area contributed by atoms with Crippen LogP contribution in [0.25, 0.3) is 6.08 Å². The lowest BCUT2D eigenvalue weighted by Gasteiger charge is -2.28. The van der Waals surface area contributed by atoms with E-state index in [1.807, 2.05) is 36.4 Å². The molecule has 6 heteroatoms. The molecule has 0 radical (unpaired) electrons. The fourth-order valence-electron chi connectivity index (χ4n) is 4.08. The average Bonchev–Trinajstić information content (AvgIpc) is 3.27. The third-order valence-corrected chi connectivity index (χ3v) is 5.55. The zero-order valence-electron chi connectivity index (χ0n) is 17.5. The standard InChI is InChI=1S/C26H24N2O4/c29-25(15-14-20-8-7-13-23(18-20)28(30)31)32-24-16-17-27(19-24)26(21-9-3-1-4-10-21)22-11-5-2-6-12-22/h1-15,18,24,26H,16-17,19H2. The minimum Gasteiger partial charge on any atom is -0.458 e. The van der Waals surface area contributed by atoms with E-state index >= 15 is 0 Å². The van der Waals surface area contributed by atoms with E-state index in [1.165, 1.54) is 29.3 Å². The Bertz CT molecular complexity index is 1060. The van der Waals surface area contributed by atoms with Crippen molar-refractivity contribution in [1.82, 2.24) is 4.90 Å². The van der Waals surface area contributed by atoms with Crippen molar-refractivity contribution in [3.8, 4) is 0 Å². The van der Waals surface area contributed by atoms with Gasteiger partial charge in [0.15, 0.2) is 0 Å². The molecule has 1 heterocycles. The van der Waals surface area contributed by atoms with E-state index < -0.39 is 10.9 Å². The summed E-state index contributed by atoms with van der Waals surface area (Å²) in [6, 6.07) is 26.9. The van der Waals surface area contributed by atoms with E-state index in [1.54, 1.807) is 18.2 Å². The summed E-state index contributed by atoms with van der Waals surface area (Å²) in [7, 11) is 0. The van der Waals surface area contributed by atoms with Gasteiger partial charge in [0.1, 0.15) is 6.10 Å². The van der Waals surface area contributed by atoms with Gasteiger partial charge in [-0.15, -0.1) is 0 Å². The highest BCUT2D eigenvalue weighted by molar-refractivity contribution is 5.87. The highest BCUT2D eigenvalue weighted by atomic mass is 16.6. The maximum Gasteiger partial charge on any atom is 0.331 e. The van der Waals surface area contributed by atoms with Crippen LogP contribution in [0.4, 0.5) is 5.69 Å². The van der Waals surface area contributed by atoms with E-state index in [4.69, 9.17) is 4.74 Å². The van der Waals surface area contributed by atoms with Crippen LogP contribution < -0.4 is 0 Å². The molecule has 1 aliphatic heterocycles. The van der Waals surface area contributed by atoms with E-state index in [0.29, 0.717) is 12.1 Å². The minimum atomic E-state index is -0.460. The first-order chi connectivity index (χ1) is 15.6. The van der Waals surface area contributed by atoms with Gasteiger partial charge in [-0.3, -0.25) is 15.0 Å². The SMILES string of the molecule is O=C(C=Cc1cccc([N+](=O)[O-])c1)OC1CCN(C(c2ccccc2)c2ccccc2)C1. The van der Waals surface area contributed by atoms with Crippen LogP contribution in [0.1, 0.15) is 29.2 Å². The van der Waals surface area contributed by atoms with Crippen molar-refractivity contribution >= 4 is 17.7 Å². The number of nitrogens with zero attached hydrogens (tertiary/aromatic N) is 2. The van der Waals surface area contributed by atoms with Crippen LogP contribution in [0.2, 0.25) is 0 Å². The number of non-ortho nitro benzene ring substituents is 1. The molecule has 1 unspecified atom stereocenters. The average molecular weight is 428 g/mol. The van der Waals surface area contributed by atoms with Crippen LogP contribution in [0, 0.1) is 10.1 Å². The Kier molecular flexibility index (Phi) is 6.72. The minimum absolute atomic E-state index is 0.0141. The molecule has 0 N–H and O–H groups in total. The molecule has 0 bridgehead atoms. The van der Waals surface area contributed by atoms with Crippen LogP contribution in [0.5, 0.6) is 0 Å². The number of hydrogen-bond donors (Lipinski definition) is 0. The summed E-state index contributed by atoms with van der Waals surface area (Å²) >= 11 is 0. The second kappa shape index (κ2) is 10.0. The second-order valence-corrected chi connectivity index (χ2v) is 7.75. The van der Waals surface area contributed by atoms with Crippen molar-refractivity contribution in [3.05, 3.63) is 118 Å². The molecule has 0 aromatic heterocycles. The Labute approximate surface area is 186 Å². The Morgan fingerprint density at radius 3 is 2.28 bits per heavy atom. The monoisotopic (exact) mass is 428 g/mol. The highest BCUT2D eigenvalue weighted by Gasteiger charge is 2.31. The summed E-state index contributed by atoms with van der Waals surface area (Å²) in [5.41, 5.74) is 2.98. The number of esters is 1. The Morgan fingerprint density at radius 2 is 1.66 bits per heavy atom. The molecule has 0 saturated carbocycles. The van der Waals surface area contributed by atoms with E-state index in [9.17, 15) is 14.9 Å². The Hall–Kier alpha value is -3.77. The molecule has 32 heavy (non-hydrogen) atoms. The van der Waals surface area contributed by atoms with Gasteiger partial charge >= 0.3 is 5.97 Å². The largest absolute Gasteiger partial charge is 0.458 e. The topological polar surface area (TPSA) is 72.7 Å². The molecule has 1 aliphatic rings. The first-order valence-electron chi connectivity index (χ1n) is 10.6. The van der Waals surface area contributed by atoms with E-state index in [0.717, 1.165) is 13.0 Å². The van der Waals surface area contributed by atoms with Crippen molar-refractivity contribution in [1.29, 1.82) is 0 Å². The van der Waals surface area contributed by atoms with Gasteiger partial charge in [-0.2, -0.15) is 0 Å².